The second-order valence-electron chi connectivity index (χ2n) is 18.4. The predicted molar refractivity (Wildman–Crippen MR) is 297 cm³/mol. The van der Waals surface area contributed by atoms with E-state index in [1.807, 2.05) is 0 Å². The van der Waals surface area contributed by atoms with E-state index in [-0.39, 0.29) is 93.7 Å². The molecule has 8 aromatic rings. The number of carbonyl (C=O) groups is 6. The minimum absolute atomic E-state index is 0. The minimum atomic E-state index is -1.39. The minimum Gasteiger partial charge on any atom is -0.546 e. The molecular formula is C58H44CaCl2F2N6O14. The molecule has 0 radical (unpaired) electrons. The number of nitrogens with zero attached hydrogens (tertiary/aromatic N) is 2. The van der Waals surface area contributed by atoms with Crippen LogP contribution >= 0.6 is 23.2 Å². The number of aromatic nitrogens is 2. The Hall–Kier alpha value is -8.54. The van der Waals surface area contributed by atoms with Crippen molar-refractivity contribution in [3.63, 3.8) is 0 Å². The van der Waals surface area contributed by atoms with Crippen LogP contribution in [0.2, 0.25) is 10.0 Å². The zero-order chi connectivity index (χ0) is 58.3. The molecule has 2 aliphatic carbocycles. The molecule has 10 rings (SSSR count). The normalized spacial score (nSPS) is 13.1. The van der Waals surface area contributed by atoms with Crippen LogP contribution in [0.3, 0.4) is 0 Å². The molecule has 0 saturated heterocycles. The molecule has 2 aromatic heterocycles. The third-order valence-corrected chi connectivity index (χ3v) is 13.8. The van der Waals surface area contributed by atoms with Crippen molar-refractivity contribution in [1.82, 2.24) is 9.97 Å². The number of rotatable bonds is 20. The summed E-state index contributed by atoms with van der Waals surface area (Å²) in [6.07, 6.45) is 4.36. The van der Waals surface area contributed by atoms with Crippen LogP contribution in [-0.4, -0.2) is 111 Å². The molecule has 0 bridgehead atoms. The van der Waals surface area contributed by atoms with Gasteiger partial charge in [-0.15, -0.1) is 0 Å². The van der Waals surface area contributed by atoms with Crippen molar-refractivity contribution in [3.05, 3.63) is 155 Å². The summed E-state index contributed by atoms with van der Waals surface area (Å²) >= 11 is 13.2. The van der Waals surface area contributed by atoms with E-state index in [0.29, 0.717) is 70.4 Å². The summed E-state index contributed by atoms with van der Waals surface area (Å²) in [5, 5.41) is 33.6. The molecule has 0 unspecified atom stereocenters. The first-order chi connectivity index (χ1) is 39.4. The topological polar surface area (TPSA) is 278 Å². The third kappa shape index (κ3) is 14.0. The smallest absolute Gasteiger partial charge is 0.546 e. The number of carboxylic acid groups (broad SMARTS) is 2. The molecule has 6 aromatic carbocycles. The molecular weight excluding hydrogens is 1150 g/mol. The number of benzene rings is 6. The van der Waals surface area contributed by atoms with E-state index in [0.717, 1.165) is 0 Å². The Morgan fingerprint density at radius 1 is 0.494 bits per heavy atom. The SMILES string of the molecule is COc1cc2c(Oc3cccc(NC(=O)C4(C(=O)Nc5ccc(F)cc5)CC4)c3Cl)ccnc2cc1OCC(=O)[O-].COc1cc2c(Oc3cccc(NC(=O)C4(C(=O)Nc5ccc(F)cc5)CC4)c3Cl)ccnc2cc1OCC(=O)[O-].[Ca+2]. The monoisotopic (exact) mass is 1200 g/mol. The Morgan fingerprint density at radius 2 is 0.855 bits per heavy atom. The number of pyridine rings is 2. The molecule has 2 aliphatic rings. The largest absolute Gasteiger partial charge is 2.00 e. The maximum atomic E-state index is 13.2. The van der Waals surface area contributed by atoms with Crippen LogP contribution in [0.5, 0.6) is 46.0 Å². The Labute approximate surface area is 510 Å². The molecule has 83 heavy (non-hydrogen) atoms. The van der Waals surface area contributed by atoms with Gasteiger partial charge in [0.2, 0.25) is 23.6 Å². The van der Waals surface area contributed by atoms with Crippen LogP contribution in [0.4, 0.5) is 31.5 Å². The fourth-order valence-electron chi connectivity index (χ4n) is 8.28. The average Bonchev–Trinajstić information content (AvgIpc) is 4.54. The zero-order valence-corrected chi connectivity index (χ0v) is 47.5. The first-order valence-corrected chi connectivity index (χ1v) is 25.4. The molecule has 4 amide bonds. The number of amides is 4. The van der Waals surface area contributed by atoms with Crippen molar-refractivity contribution in [2.45, 2.75) is 25.7 Å². The van der Waals surface area contributed by atoms with E-state index in [9.17, 15) is 47.8 Å². The van der Waals surface area contributed by atoms with E-state index in [4.69, 9.17) is 51.6 Å². The molecule has 4 N–H and O–H groups in total. The Morgan fingerprint density at radius 3 is 1.19 bits per heavy atom. The molecule has 2 heterocycles. The van der Waals surface area contributed by atoms with Gasteiger partial charge in [0.1, 0.15) is 68.7 Å². The molecule has 0 aliphatic heterocycles. The van der Waals surface area contributed by atoms with Crippen LogP contribution < -0.4 is 59.9 Å². The van der Waals surface area contributed by atoms with Crippen molar-refractivity contribution in [1.29, 1.82) is 0 Å². The first kappa shape index (κ1) is 60.6. The summed E-state index contributed by atoms with van der Waals surface area (Å²) in [4.78, 5) is 82.3. The van der Waals surface area contributed by atoms with Crippen molar-refractivity contribution < 1.29 is 76.2 Å². The number of hydrogen-bond donors (Lipinski definition) is 4. The Kier molecular flexibility index (Phi) is 19.1. The molecule has 25 heteroatoms. The van der Waals surface area contributed by atoms with Gasteiger partial charge in [-0.1, -0.05) is 35.3 Å². The summed E-state index contributed by atoms with van der Waals surface area (Å²) in [5.41, 5.74) is -0.454. The van der Waals surface area contributed by atoms with Crippen LogP contribution in [0, 0.1) is 22.5 Å². The average molecular weight is 1200 g/mol. The van der Waals surface area contributed by atoms with E-state index in [1.54, 1.807) is 60.7 Å². The number of carboxylic acids is 2. The number of ether oxygens (including phenoxy) is 6. The second-order valence-corrected chi connectivity index (χ2v) is 19.2. The standard InChI is InChI=1S/2C29H23ClFN3O7.Ca/c2*1-39-23-13-18-20(14-24(23)40-15-25(35)36)32-12-9-21(18)41-22-4-2-3-19(26(22)30)34-28(38)29(10-11-29)27(37)33-17-7-5-16(31)6-8-17;/h2*2-9,12-14H,10-11,15H2,1H3,(H,33,37)(H,34,38)(H,35,36);/q;;+2/p-2. The van der Waals surface area contributed by atoms with Gasteiger partial charge in [-0.05, 0) is 123 Å². The van der Waals surface area contributed by atoms with Gasteiger partial charge in [-0.25, -0.2) is 8.78 Å². The van der Waals surface area contributed by atoms with Gasteiger partial charge in [0, 0.05) is 46.7 Å². The predicted octanol–water partition coefficient (Wildman–Crippen LogP) is 8.25. The van der Waals surface area contributed by atoms with Gasteiger partial charge >= 0.3 is 37.7 Å². The van der Waals surface area contributed by atoms with Crippen molar-refractivity contribution in [2.24, 2.45) is 10.8 Å². The van der Waals surface area contributed by atoms with Crippen LogP contribution in [0.1, 0.15) is 25.7 Å². The number of nitrogens with one attached hydrogen (secondary N) is 4. The maximum Gasteiger partial charge on any atom is 2.00 e. The Balaban J connectivity index is 0.000000214. The van der Waals surface area contributed by atoms with E-state index in [2.05, 4.69) is 31.2 Å². The molecule has 0 spiro atoms. The summed E-state index contributed by atoms with van der Waals surface area (Å²) < 4.78 is 59.7. The van der Waals surface area contributed by atoms with Crippen LogP contribution in [0.15, 0.2) is 134 Å². The van der Waals surface area contributed by atoms with Crippen LogP contribution in [0.25, 0.3) is 21.8 Å². The van der Waals surface area contributed by atoms with Crippen molar-refractivity contribution >= 4 is 141 Å². The van der Waals surface area contributed by atoms with E-state index in [1.165, 1.54) is 87.3 Å². The molecule has 0 atom stereocenters. The number of carbonyl (C=O) groups excluding carboxylic acids is 6. The van der Waals surface area contributed by atoms with Gasteiger partial charge in [0.25, 0.3) is 0 Å². The molecule has 20 nitrogen and oxygen atoms in total. The van der Waals surface area contributed by atoms with Gasteiger partial charge in [-0.2, -0.15) is 0 Å². The summed E-state index contributed by atoms with van der Waals surface area (Å²) in [6, 6.07) is 29.5. The number of fused-ring (bicyclic) bond motifs is 2. The number of anilines is 4. The number of hydrogen-bond acceptors (Lipinski definition) is 16. The quantitative estimate of drug-likeness (QED) is 0.0413. The maximum absolute atomic E-state index is 13.2. The van der Waals surface area contributed by atoms with Crippen molar-refractivity contribution in [2.75, 3.05) is 48.7 Å². The van der Waals surface area contributed by atoms with Crippen molar-refractivity contribution in [3.8, 4) is 46.0 Å². The number of halogens is 4. The van der Waals surface area contributed by atoms with Gasteiger partial charge < -0.3 is 69.5 Å². The van der Waals surface area contributed by atoms with E-state index < -0.39 is 71.2 Å². The molecule has 2 fully saturated rings. The van der Waals surface area contributed by atoms with E-state index >= 15 is 0 Å². The van der Waals surface area contributed by atoms with Crippen LogP contribution in [-0.2, 0) is 28.8 Å². The summed E-state index contributed by atoms with van der Waals surface area (Å²) in [7, 11) is 2.80. The third-order valence-electron chi connectivity index (χ3n) is 13.0. The van der Waals surface area contributed by atoms with Gasteiger partial charge in [-0.3, -0.25) is 29.1 Å². The Bertz CT molecular complexity index is 3570. The second kappa shape index (κ2) is 26.1. The number of methoxy groups -OCH3 is 2. The van der Waals surface area contributed by atoms with Gasteiger partial charge in [0.05, 0.1) is 48.6 Å². The summed E-state index contributed by atoms with van der Waals surface area (Å²) in [6.45, 7) is -1.33. The number of aliphatic carboxylic acids is 2. The fraction of sp³-hybridized carbons (Fsp3) is 0.172. The fourth-order valence-corrected chi connectivity index (χ4v) is 8.70. The molecule has 2 saturated carbocycles. The zero-order valence-electron chi connectivity index (χ0n) is 43.8. The first-order valence-electron chi connectivity index (χ1n) is 24.7. The van der Waals surface area contributed by atoms with Gasteiger partial charge in [0.15, 0.2) is 23.0 Å². The summed E-state index contributed by atoms with van der Waals surface area (Å²) in [5.74, 6) is -3.76. The molecule has 420 valence electrons.